The molecular formula is C8H5O2Y3-3. The molecule has 0 saturated carbocycles. The molecule has 0 heterocycles. The molecule has 0 N–H and O–H groups in total. The molecule has 0 amide bonds. The second-order valence-corrected chi connectivity index (χ2v) is 1.38. The van der Waals surface area contributed by atoms with E-state index in [0.717, 1.165) is 0 Å². The van der Waals surface area contributed by atoms with Crippen molar-refractivity contribution in [1.82, 2.24) is 0 Å². The summed E-state index contributed by atoms with van der Waals surface area (Å²) < 4.78 is 0. The van der Waals surface area contributed by atoms with Crippen LogP contribution in [0.25, 0.3) is 0 Å². The van der Waals surface area contributed by atoms with E-state index >= 15 is 0 Å². The zero-order valence-corrected chi connectivity index (χ0v) is 15.5. The van der Waals surface area contributed by atoms with Gasteiger partial charge in [0.2, 0.25) is 0 Å². The molecule has 0 aromatic heterocycles. The van der Waals surface area contributed by atoms with Crippen molar-refractivity contribution in [2.24, 2.45) is 0 Å². The molecule has 1 aromatic carbocycles. The van der Waals surface area contributed by atoms with E-state index in [1.165, 1.54) is 0 Å². The summed E-state index contributed by atoms with van der Waals surface area (Å²) in [5.74, 6) is 0. The van der Waals surface area contributed by atoms with Crippen molar-refractivity contribution < 1.29 is 108 Å². The molecule has 1 aromatic rings. The second-order valence-electron chi connectivity index (χ2n) is 1.38. The summed E-state index contributed by atoms with van der Waals surface area (Å²) >= 11 is 0. The molecule has 5 heteroatoms. The molecule has 0 unspecified atom stereocenters. The molecule has 0 atom stereocenters. The van der Waals surface area contributed by atoms with Gasteiger partial charge in [-0.1, -0.05) is 0 Å². The van der Waals surface area contributed by atoms with Gasteiger partial charge in [0, 0.05) is 98.1 Å². The fourth-order valence-electron chi connectivity index (χ4n) is 0.457. The molecule has 2 nitrogen and oxygen atoms in total. The average Bonchev–Trinajstić information content (AvgIpc) is 2.10. The normalized spacial score (nSPS) is 5.54. The number of benzene rings is 1. The minimum absolute atomic E-state index is 0. The Morgan fingerprint density at radius 3 is 1.92 bits per heavy atom. The van der Waals surface area contributed by atoms with Gasteiger partial charge < -0.3 is 21.2 Å². The van der Waals surface area contributed by atoms with Crippen LogP contribution >= 0.6 is 0 Å². The van der Waals surface area contributed by atoms with E-state index in [-0.39, 0.29) is 98.1 Å². The fourth-order valence-corrected chi connectivity index (χ4v) is 0.457. The van der Waals surface area contributed by atoms with E-state index in [9.17, 15) is 4.79 Å². The van der Waals surface area contributed by atoms with Crippen molar-refractivity contribution in [1.29, 1.82) is 0 Å². The SMILES string of the molecule is O=[C-]c1[c-]cccc1.[CH-]=O.[Y].[Y].[Y]. The Bertz CT molecular complexity index is 192. The summed E-state index contributed by atoms with van der Waals surface area (Å²) in [7, 11) is 0. The number of rotatable bonds is 1. The first-order chi connectivity index (χ1) is 4.93. The molecule has 0 aliphatic rings. The van der Waals surface area contributed by atoms with Crippen LogP contribution in [0.1, 0.15) is 5.56 Å². The van der Waals surface area contributed by atoms with Gasteiger partial charge in [-0.3, -0.25) is 12.9 Å². The molecule has 0 aliphatic carbocycles. The predicted molar refractivity (Wildman–Crippen MR) is 36.8 cm³/mol. The molecule has 0 spiro atoms. The van der Waals surface area contributed by atoms with Gasteiger partial charge in [0.15, 0.2) is 0 Å². The van der Waals surface area contributed by atoms with Crippen molar-refractivity contribution in [3.63, 3.8) is 0 Å². The Morgan fingerprint density at radius 1 is 1.15 bits per heavy atom. The minimum Gasteiger partial charge on any atom is -0.545 e. The molecule has 0 saturated heterocycles. The summed E-state index contributed by atoms with van der Waals surface area (Å²) in [5.41, 5.74) is 0.479. The van der Waals surface area contributed by atoms with E-state index in [4.69, 9.17) is 4.79 Å². The van der Waals surface area contributed by atoms with Gasteiger partial charge in [0.25, 0.3) is 0 Å². The molecule has 13 heavy (non-hydrogen) atoms. The second kappa shape index (κ2) is 19.4. The number of hydrogen-bond donors (Lipinski definition) is 0. The van der Waals surface area contributed by atoms with Gasteiger partial charge >= 0.3 is 0 Å². The Morgan fingerprint density at radius 2 is 1.69 bits per heavy atom. The van der Waals surface area contributed by atoms with Gasteiger partial charge in [0.05, 0.1) is 0 Å². The Balaban J connectivity index is -0.0000000761. The molecular weight excluding hydrogens is 395 g/mol. The van der Waals surface area contributed by atoms with Crippen molar-refractivity contribution in [2.75, 3.05) is 0 Å². The predicted octanol–water partition coefficient (Wildman–Crippen LogP) is 0.663. The Labute approximate surface area is 154 Å². The van der Waals surface area contributed by atoms with Crippen LogP contribution in [-0.2, 0) is 108 Å². The maximum Gasteiger partial charge on any atom is 0 e. The van der Waals surface area contributed by atoms with Gasteiger partial charge in [-0.05, 0) is 0 Å². The van der Waals surface area contributed by atoms with Crippen molar-refractivity contribution in [2.45, 2.75) is 0 Å². The van der Waals surface area contributed by atoms with Crippen molar-refractivity contribution in [3.05, 3.63) is 35.9 Å². The van der Waals surface area contributed by atoms with Crippen LogP contribution in [0.15, 0.2) is 24.3 Å². The third kappa shape index (κ3) is 13.9. The third-order valence-corrected chi connectivity index (χ3v) is 0.819. The maximum absolute atomic E-state index is 9.85. The topological polar surface area (TPSA) is 34.1 Å². The van der Waals surface area contributed by atoms with Gasteiger partial charge in [-0.2, -0.15) is 12.1 Å². The van der Waals surface area contributed by atoms with E-state index in [1.807, 2.05) is 0 Å². The fraction of sp³-hybridized carbons (Fsp3) is 0. The average molecular weight is 400 g/mol. The summed E-state index contributed by atoms with van der Waals surface area (Å²) in [6, 6.07) is 9.62. The Kier molecular flexibility index (Phi) is 36.2. The first-order valence-corrected chi connectivity index (χ1v) is 2.52. The maximum atomic E-state index is 9.85. The Hall–Kier alpha value is 1.87. The van der Waals surface area contributed by atoms with Gasteiger partial charge in [0.1, 0.15) is 0 Å². The quantitative estimate of drug-likeness (QED) is 0.513. The summed E-state index contributed by atoms with van der Waals surface area (Å²) in [5, 5.41) is 0. The van der Waals surface area contributed by atoms with E-state index in [0.29, 0.717) is 5.56 Å². The zero-order valence-electron chi connectivity index (χ0n) is 6.94. The minimum atomic E-state index is 0. The van der Waals surface area contributed by atoms with Crippen LogP contribution in [0.2, 0.25) is 0 Å². The van der Waals surface area contributed by atoms with E-state index < -0.39 is 0 Å². The molecule has 3 radical (unpaired) electrons. The van der Waals surface area contributed by atoms with Crippen molar-refractivity contribution in [3.8, 4) is 0 Å². The van der Waals surface area contributed by atoms with Gasteiger partial charge in [-0.25, -0.2) is 0 Å². The van der Waals surface area contributed by atoms with Crippen LogP contribution in [-0.4, -0.2) is 13.1 Å². The number of hydrogen-bond acceptors (Lipinski definition) is 2. The molecule has 0 fully saturated rings. The van der Waals surface area contributed by atoms with Gasteiger partial charge in [-0.15, -0.1) is 12.4 Å². The standard InChI is InChI=1S/C7H4O.CHO.3Y/c8-6-7-4-2-1-3-5-7;1-2;;;/h1-4H;1H;;;/q-2;-1;;;. The van der Waals surface area contributed by atoms with Crippen molar-refractivity contribution >= 4 is 13.1 Å². The molecule has 61 valence electrons. The summed E-state index contributed by atoms with van der Waals surface area (Å²) in [4.78, 5) is 17.6. The first kappa shape index (κ1) is 24.2. The van der Waals surface area contributed by atoms with Crippen LogP contribution in [0.3, 0.4) is 0 Å². The molecule has 0 aliphatic heterocycles. The van der Waals surface area contributed by atoms with E-state index in [2.05, 4.69) is 12.9 Å². The van der Waals surface area contributed by atoms with Crippen LogP contribution in [0, 0.1) is 6.07 Å². The summed E-state index contributed by atoms with van der Waals surface area (Å²) in [6.45, 7) is 3.25. The van der Waals surface area contributed by atoms with Crippen LogP contribution < -0.4 is 0 Å². The number of carbonyl (C=O) groups excluding carboxylic acids is 2. The monoisotopic (exact) mass is 400 g/mol. The third-order valence-electron chi connectivity index (χ3n) is 0.819. The molecule has 0 bridgehead atoms. The smallest absolute Gasteiger partial charge is 0 e. The van der Waals surface area contributed by atoms with Crippen LogP contribution in [0.4, 0.5) is 0 Å². The van der Waals surface area contributed by atoms with E-state index in [1.54, 1.807) is 30.6 Å². The first-order valence-electron chi connectivity index (χ1n) is 2.52. The largest absolute Gasteiger partial charge is 0.545 e. The molecule has 1 rings (SSSR count). The zero-order chi connectivity index (χ0) is 7.82. The summed E-state index contributed by atoms with van der Waals surface area (Å²) in [6.07, 6.45) is 1.72. The van der Waals surface area contributed by atoms with Crippen LogP contribution in [0.5, 0.6) is 0 Å².